The Kier molecular flexibility index (Phi) is 10.00. The highest BCUT2D eigenvalue weighted by Crippen LogP contribution is 2.49. The third kappa shape index (κ3) is 7.03. The van der Waals surface area contributed by atoms with Crippen molar-refractivity contribution >= 4 is 75.1 Å². The molecule has 0 aliphatic rings. The predicted molar refractivity (Wildman–Crippen MR) is 314 cm³/mol. The molecule has 5 nitrogen and oxygen atoms in total. The molecule has 0 saturated heterocycles. The van der Waals surface area contributed by atoms with Crippen LogP contribution in [0.4, 0.5) is 0 Å². The van der Waals surface area contributed by atoms with Crippen molar-refractivity contribution in [1.82, 2.24) is 24.1 Å². The minimum absolute atomic E-state index is 0.590. The predicted octanol–water partition coefficient (Wildman–Crippen LogP) is 18.4. The molecule has 0 N–H and O–H groups in total. The van der Waals surface area contributed by atoms with Gasteiger partial charge in [0.25, 0.3) is 0 Å². The summed E-state index contributed by atoms with van der Waals surface area (Å²) < 4.78 is 7.44. The third-order valence-electron chi connectivity index (χ3n) is 14.8. The second kappa shape index (κ2) is 17.5. The third-order valence-corrected chi connectivity index (χ3v) is 15.9. The van der Waals surface area contributed by atoms with E-state index < -0.39 is 0 Å². The van der Waals surface area contributed by atoms with Gasteiger partial charge in [-0.1, -0.05) is 194 Å². The molecule has 350 valence electrons. The number of rotatable bonds is 8. The molecule has 6 heteroatoms. The molecule has 75 heavy (non-hydrogen) atoms. The fourth-order valence-electron chi connectivity index (χ4n) is 11.5. The first-order valence-corrected chi connectivity index (χ1v) is 26.2. The molecular formula is C69H43N5S. The lowest BCUT2D eigenvalue weighted by atomic mass is 9.90. The second-order valence-electron chi connectivity index (χ2n) is 19.1. The zero-order valence-electron chi connectivity index (χ0n) is 40.5. The normalized spacial score (nSPS) is 11.7. The van der Waals surface area contributed by atoms with Gasteiger partial charge < -0.3 is 9.13 Å². The van der Waals surface area contributed by atoms with Crippen molar-refractivity contribution in [2.75, 3.05) is 0 Å². The van der Waals surface area contributed by atoms with E-state index in [1.54, 1.807) is 0 Å². The summed E-state index contributed by atoms with van der Waals surface area (Å²) in [6.07, 6.45) is 0. The Morgan fingerprint density at radius 2 is 0.787 bits per heavy atom. The van der Waals surface area contributed by atoms with Gasteiger partial charge in [-0.25, -0.2) is 15.0 Å². The lowest BCUT2D eigenvalue weighted by molar-refractivity contribution is 1.06. The van der Waals surface area contributed by atoms with Crippen LogP contribution in [0, 0.1) is 0 Å². The average molecular weight is 974 g/mol. The maximum absolute atomic E-state index is 5.37. The van der Waals surface area contributed by atoms with E-state index in [9.17, 15) is 0 Å². The van der Waals surface area contributed by atoms with Crippen LogP contribution in [0.1, 0.15) is 0 Å². The number of hydrogen-bond acceptors (Lipinski definition) is 4. The fraction of sp³-hybridized carbons (Fsp3) is 0. The highest BCUT2D eigenvalue weighted by atomic mass is 32.1. The molecule has 0 amide bonds. The Hall–Kier alpha value is -9.75. The van der Waals surface area contributed by atoms with Crippen LogP contribution in [0.15, 0.2) is 261 Å². The minimum Gasteiger partial charge on any atom is -0.309 e. The zero-order chi connectivity index (χ0) is 49.4. The van der Waals surface area contributed by atoms with Crippen molar-refractivity contribution in [3.63, 3.8) is 0 Å². The quantitative estimate of drug-likeness (QED) is 0.152. The van der Waals surface area contributed by atoms with E-state index in [2.05, 4.69) is 234 Å². The number of nitrogens with zero attached hydrogens (tertiary/aromatic N) is 5. The molecule has 0 atom stereocenters. The van der Waals surface area contributed by atoms with Crippen LogP contribution in [0.2, 0.25) is 0 Å². The molecule has 0 spiro atoms. The number of fused-ring (bicyclic) bond motifs is 9. The molecule has 0 fully saturated rings. The molecule has 0 saturated carbocycles. The summed E-state index contributed by atoms with van der Waals surface area (Å²) in [7, 11) is 0. The van der Waals surface area contributed by atoms with Crippen molar-refractivity contribution in [2.45, 2.75) is 0 Å². The minimum atomic E-state index is 0.590. The van der Waals surface area contributed by atoms with Crippen molar-refractivity contribution in [3.05, 3.63) is 261 Å². The van der Waals surface area contributed by atoms with Gasteiger partial charge in [0.2, 0.25) is 0 Å². The van der Waals surface area contributed by atoms with E-state index in [1.165, 1.54) is 53.0 Å². The molecule has 4 heterocycles. The van der Waals surface area contributed by atoms with E-state index in [0.717, 1.165) is 72.3 Å². The summed E-state index contributed by atoms with van der Waals surface area (Å²) in [5.74, 6) is 1.82. The summed E-state index contributed by atoms with van der Waals surface area (Å²) in [5, 5.41) is 7.27. The van der Waals surface area contributed by atoms with E-state index in [0.29, 0.717) is 17.5 Å². The van der Waals surface area contributed by atoms with Gasteiger partial charge >= 0.3 is 0 Å². The van der Waals surface area contributed by atoms with Crippen molar-refractivity contribution in [3.8, 4) is 78.9 Å². The molecule has 15 rings (SSSR count). The van der Waals surface area contributed by atoms with Crippen LogP contribution in [0.5, 0.6) is 0 Å². The van der Waals surface area contributed by atoms with Gasteiger partial charge in [0.15, 0.2) is 17.5 Å². The summed E-state index contributed by atoms with van der Waals surface area (Å²) in [6.45, 7) is 0. The van der Waals surface area contributed by atoms with Crippen LogP contribution >= 0.6 is 11.3 Å². The number of para-hydroxylation sites is 3. The van der Waals surface area contributed by atoms with Crippen molar-refractivity contribution in [1.29, 1.82) is 0 Å². The van der Waals surface area contributed by atoms with Gasteiger partial charge in [-0.2, -0.15) is 0 Å². The molecule has 4 aromatic heterocycles. The Balaban J connectivity index is 1.10. The van der Waals surface area contributed by atoms with E-state index >= 15 is 0 Å². The second-order valence-corrected chi connectivity index (χ2v) is 20.2. The zero-order valence-corrected chi connectivity index (χ0v) is 41.3. The summed E-state index contributed by atoms with van der Waals surface area (Å²) in [5.41, 5.74) is 16.2. The van der Waals surface area contributed by atoms with Crippen molar-refractivity contribution < 1.29 is 0 Å². The van der Waals surface area contributed by atoms with Gasteiger partial charge in [-0.15, -0.1) is 11.3 Å². The van der Waals surface area contributed by atoms with E-state index in [4.69, 9.17) is 15.0 Å². The standard InChI is InChI=1S/C69H43N5S/c1-5-21-44(22-6-1)47-39-40-54(69-71-67(45-23-7-2-8-24-45)70-68(72-69)46-25-9-3-10-26-46)60(42-47)74-58-35-17-14-30-53(58)65-56(41-48(43-61(65)74)50-32-20-38-63-66(50)55-31-15-18-37-62(55)75-63)51-33-19-36-59-64(51)52-29-13-16-34-57(52)73(59)49-27-11-4-12-28-49/h1-43H. The Morgan fingerprint density at radius 1 is 0.267 bits per heavy atom. The fourth-order valence-corrected chi connectivity index (χ4v) is 12.6. The maximum Gasteiger partial charge on any atom is 0.166 e. The van der Waals surface area contributed by atoms with E-state index in [-0.39, 0.29) is 0 Å². The number of benzene rings is 11. The monoisotopic (exact) mass is 973 g/mol. The first-order chi connectivity index (χ1) is 37.2. The van der Waals surface area contributed by atoms with Crippen LogP contribution in [-0.2, 0) is 0 Å². The molecule has 15 aromatic rings. The van der Waals surface area contributed by atoms with Gasteiger partial charge in [-0.05, 0) is 100 Å². The Bertz CT molecular complexity index is 4630. The summed E-state index contributed by atoms with van der Waals surface area (Å²) in [4.78, 5) is 15.9. The summed E-state index contributed by atoms with van der Waals surface area (Å²) >= 11 is 1.85. The molecule has 11 aromatic carbocycles. The lowest BCUT2D eigenvalue weighted by Gasteiger charge is -2.18. The Labute approximate surface area is 436 Å². The van der Waals surface area contributed by atoms with E-state index in [1.807, 2.05) is 47.7 Å². The van der Waals surface area contributed by atoms with Gasteiger partial charge in [0.1, 0.15) is 0 Å². The molecule has 0 unspecified atom stereocenters. The van der Waals surface area contributed by atoms with Crippen LogP contribution < -0.4 is 0 Å². The maximum atomic E-state index is 5.37. The highest BCUT2D eigenvalue weighted by molar-refractivity contribution is 7.25. The van der Waals surface area contributed by atoms with Gasteiger partial charge in [-0.3, -0.25) is 0 Å². The highest BCUT2D eigenvalue weighted by Gasteiger charge is 2.26. The van der Waals surface area contributed by atoms with Gasteiger partial charge in [0.05, 0.1) is 27.8 Å². The summed E-state index contributed by atoms with van der Waals surface area (Å²) in [6, 6.07) is 93.7. The first-order valence-electron chi connectivity index (χ1n) is 25.3. The molecule has 0 aliphatic carbocycles. The average Bonchev–Trinajstić information content (AvgIpc) is 4.23. The molecule has 0 bridgehead atoms. The van der Waals surface area contributed by atoms with Crippen LogP contribution in [0.25, 0.3) is 143 Å². The van der Waals surface area contributed by atoms with Crippen molar-refractivity contribution in [2.24, 2.45) is 0 Å². The smallest absolute Gasteiger partial charge is 0.166 e. The number of hydrogen-bond donors (Lipinski definition) is 0. The largest absolute Gasteiger partial charge is 0.309 e. The SMILES string of the molecule is c1ccc(-c2ccc(-c3nc(-c4ccccc4)nc(-c4ccccc4)n3)c(-n3c4ccccc4c4c(-c5cccc6c5c5ccccc5n6-c5ccccc5)cc(-c5cccc6sc7ccccc7c56)cc43)c2)cc1. The molecular weight excluding hydrogens is 931 g/mol. The number of thiophene rings is 1. The lowest BCUT2D eigenvalue weighted by Crippen LogP contribution is -2.04. The number of aromatic nitrogens is 5. The molecule has 0 aliphatic heterocycles. The first kappa shape index (κ1) is 42.9. The Morgan fingerprint density at radius 3 is 1.48 bits per heavy atom. The van der Waals surface area contributed by atoms with Crippen LogP contribution in [0.3, 0.4) is 0 Å². The van der Waals surface area contributed by atoms with Crippen LogP contribution in [-0.4, -0.2) is 24.1 Å². The molecule has 0 radical (unpaired) electrons. The van der Waals surface area contributed by atoms with Gasteiger partial charge in [0, 0.05) is 64.1 Å². The topological polar surface area (TPSA) is 48.5 Å².